The number of benzene rings is 2. The molecule has 2 aromatic carbocycles. The summed E-state index contributed by atoms with van der Waals surface area (Å²) in [6.07, 6.45) is 0. The van der Waals surface area contributed by atoms with Crippen molar-refractivity contribution in [2.45, 2.75) is 20.8 Å². The van der Waals surface area contributed by atoms with E-state index < -0.39 is 27.1 Å². The summed E-state index contributed by atoms with van der Waals surface area (Å²) in [5.74, 6) is -0.649. The lowest BCUT2D eigenvalue weighted by Crippen LogP contribution is -2.13. The second-order valence-electron chi connectivity index (χ2n) is 5.41. The van der Waals surface area contributed by atoms with E-state index >= 15 is 0 Å². The van der Waals surface area contributed by atoms with E-state index in [0.29, 0.717) is 5.69 Å². The average Bonchev–Trinajstić information content (AvgIpc) is 2.50. The summed E-state index contributed by atoms with van der Waals surface area (Å²) in [6, 6.07) is 7.35. The summed E-state index contributed by atoms with van der Waals surface area (Å²) in [6.45, 7) is 5.08. The van der Waals surface area contributed by atoms with Crippen molar-refractivity contribution in [3.8, 4) is 0 Å². The van der Waals surface area contributed by atoms with Crippen molar-refractivity contribution in [1.29, 1.82) is 0 Å². The molecule has 0 heterocycles. The van der Waals surface area contributed by atoms with E-state index in [9.17, 15) is 25.0 Å². The predicted octanol–water partition coefficient (Wildman–Crippen LogP) is 3.68. The molecular formula is C16H15N3O5. The number of carbonyl (C=O) groups is 1. The number of nitrogens with zero attached hydrogens (tertiary/aromatic N) is 2. The SMILES string of the molecule is Cc1ccc(NC(=O)c2cc([N+](=O)[O-])c(C)c([N+](=O)[O-])c2)cc1C. The van der Waals surface area contributed by atoms with E-state index in [1.807, 2.05) is 19.9 Å². The number of amides is 1. The molecule has 0 aliphatic heterocycles. The summed E-state index contributed by atoms with van der Waals surface area (Å²) in [5, 5.41) is 24.7. The Morgan fingerprint density at radius 2 is 1.46 bits per heavy atom. The molecular weight excluding hydrogens is 314 g/mol. The van der Waals surface area contributed by atoms with Crippen LogP contribution in [-0.4, -0.2) is 15.8 Å². The van der Waals surface area contributed by atoms with Gasteiger partial charge in [0, 0.05) is 17.8 Å². The van der Waals surface area contributed by atoms with Crippen LogP contribution in [0.5, 0.6) is 0 Å². The Bertz CT molecular complexity index is 826. The smallest absolute Gasteiger partial charge is 0.279 e. The van der Waals surface area contributed by atoms with Crippen molar-refractivity contribution in [3.63, 3.8) is 0 Å². The zero-order chi connectivity index (χ0) is 18.0. The first-order valence-corrected chi connectivity index (χ1v) is 7.02. The van der Waals surface area contributed by atoms with Crippen LogP contribution < -0.4 is 5.32 Å². The highest BCUT2D eigenvalue weighted by Crippen LogP contribution is 2.29. The van der Waals surface area contributed by atoms with Crippen molar-refractivity contribution in [3.05, 3.63) is 72.8 Å². The fourth-order valence-corrected chi connectivity index (χ4v) is 2.22. The molecule has 0 saturated heterocycles. The molecule has 1 amide bonds. The highest BCUT2D eigenvalue weighted by molar-refractivity contribution is 6.05. The molecule has 0 aliphatic rings. The zero-order valence-corrected chi connectivity index (χ0v) is 13.3. The molecule has 124 valence electrons. The molecule has 1 N–H and O–H groups in total. The minimum absolute atomic E-state index is 0.0901. The van der Waals surface area contributed by atoms with Crippen LogP contribution in [0.25, 0.3) is 0 Å². The van der Waals surface area contributed by atoms with Gasteiger partial charge < -0.3 is 5.32 Å². The van der Waals surface area contributed by atoms with Gasteiger partial charge in [-0.25, -0.2) is 0 Å². The van der Waals surface area contributed by atoms with E-state index in [4.69, 9.17) is 0 Å². The number of aryl methyl sites for hydroxylation is 2. The van der Waals surface area contributed by atoms with Crippen LogP contribution in [0.3, 0.4) is 0 Å². The number of hydrogen-bond acceptors (Lipinski definition) is 5. The minimum Gasteiger partial charge on any atom is -0.322 e. The average molecular weight is 329 g/mol. The lowest BCUT2D eigenvalue weighted by atomic mass is 10.1. The maximum atomic E-state index is 12.3. The quantitative estimate of drug-likeness (QED) is 0.678. The first-order chi connectivity index (χ1) is 11.2. The Hall–Kier alpha value is -3.29. The van der Waals surface area contributed by atoms with Crippen LogP contribution in [0.1, 0.15) is 27.0 Å². The molecule has 0 unspecified atom stereocenters. The van der Waals surface area contributed by atoms with Crippen molar-refractivity contribution >= 4 is 23.0 Å². The lowest BCUT2D eigenvalue weighted by Gasteiger charge is -2.08. The third kappa shape index (κ3) is 3.37. The van der Waals surface area contributed by atoms with Crippen LogP contribution >= 0.6 is 0 Å². The van der Waals surface area contributed by atoms with Crippen molar-refractivity contribution in [1.82, 2.24) is 0 Å². The summed E-state index contributed by atoms with van der Waals surface area (Å²) in [5.41, 5.74) is 1.37. The number of nitro benzene ring substituents is 2. The topological polar surface area (TPSA) is 115 Å². The van der Waals surface area contributed by atoms with E-state index in [-0.39, 0.29) is 11.1 Å². The van der Waals surface area contributed by atoms with Gasteiger partial charge in [-0.2, -0.15) is 0 Å². The van der Waals surface area contributed by atoms with Gasteiger partial charge in [0.15, 0.2) is 0 Å². The van der Waals surface area contributed by atoms with Crippen LogP contribution in [0.15, 0.2) is 30.3 Å². The molecule has 0 saturated carbocycles. The number of rotatable bonds is 4. The number of hydrogen-bond donors (Lipinski definition) is 1. The van der Waals surface area contributed by atoms with Gasteiger partial charge in [-0.3, -0.25) is 25.0 Å². The van der Waals surface area contributed by atoms with Crippen molar-refractivity contribution in [2.75, 3.05) is 5.32 Å². The third-order valence-electron chi connectivity index (χ3n) is 3.77. The highest BCUT2D eigenvalue weighted by Gasteiger charge is 2.25. The number of nitrogens with one attached hydrogen (secondary N) is 1. The lowest BCUT2D eigenvalue weighted by molar-refractivity contribution is -0.395. The first kappa shape index (κ1) is 17.1. The molecule has 0 atom stereocenters. The number of anilines is 1. The van der Waals surface area contributed by atoms with Crippen LogP contribution in [0.4, 0.5) is 17.1 Å². The zero-order valence-electron chi connectivity index (χ0n) is 13.3. The van der Waals surface area contributed by atoms with Gasteiger partial charge in [0.25, 0.3) is 17.3 Å². The molecule has 0 bridgehead atoms. The molecule has 8 heteroatoms. The van der Waals surface area contributed by atoms with Gasteiger partial charge in [0.05, 0.1) is 15.4 Å². The van der Waals surface area contributed by atoms with E-state index in [1.54, 1.807) is 12.1 Å². The Labute approximate surface area is 137 Å². The highest BCUT2D eigenvalue weighted by atomic mass is 16.6. The Morgan fingerprint density at radius 3 is 1.92 bits per heavy atom. The largest absolute Gasteiger partial charge is 0.322 e. The normalized spacial score (nSPS) is 10.3. The van der Waals surface area contributed by atoms with Gasteiger partial charge >= 0.3 is 0 Å². The molecule has 0 aromatic heterocycles. The van der Waals surface area contributed by atoms with Gasteiger partial charge in [-0.1, -0.05) is 6.07 Å². The molecule has 0 spiro atoms. The minimum atomic E-state index is -0.741. The van der Waals surface area contributed by atoms with Gasteiger partial charge in [0.2, 0.25) is 0 Å². The first-order valence-electron chi connectivity index (χ1n) is 7.02. The monoisotopic (exact) mass is 329 g/mol. The fourth-order valence-electron chi connectivity index (χ4n) is 2.22. The fraction of sp³-hybridized carbons (Fsp3) is 0.188. The van der Waals surface area contributed by atoms with Crippen molar-refractivity contribution in [2.24, 2.45) is 0 Å². The van der Waals surface area contributed by atoms with Crippen LogP contribution in [0, 0.1) is 41.0 Å². The third-order valence-corrected chi connectivity index (χ3v) is 3.77. The molecule has 0 radical (unpaired) electrons. The molecule has 24 heavy (non-hydrogen) atoms. The Kier molecular flexibility index (Phi) is 4.59. The molecule has 2 rings (SSSR count). The summed E-state index contributed by atoms with van der Waals surface area (Å²) >= 11 is 0. The van der Waals surface area contributed by atoms with Gasteiger partial charge in [-0.15, -0.1) is 0 Å². The second kappa shape index (κ2) is 6.45. The number of nitro groups is 2. The second-order valence-corrected chi connectivity index (χ2v) is 5.41. The predicted molar refractivity (Wildman–Crippen MR) is 88.4 cm³/mol. The van der Waals surface area contributed by atoms with E-state index in [1.165, 1.54) is 6.92 Å². The summed E-state index contributed by atoms with van der Waals surface area (Å²) < 4.78 is 0. The maximum absolute atomic E-state index is 12.3. The van der Waals surface area contributed by atoms with Crippen LogP contribution in [0.2, 0.25) is 0 Å². The van der Waals surface area contributed by atoms with E-state index in [2.05, 4.69) is 5.32 Å². The number of carbonyl (C=O) groups excluding carboxylic acids is 1. The van der Waals surface area contributed by atoms with Gasteiger partial charge in [-0.05, 0) is 44.0 Å². The van der Waals surface area contributed by atoms with Gasteiger partial charge in [0.1, 0.15) is 5.56 Å². The molecule has 0 fully saturated rings. The summed E-state index contributed by atoms with van der Waals surface area (Å²) in [7, 11) is 0. The summed E-state index contributed by atoms with van der Waals surface area (Å²) in [4.78, 5) is 33.0. The molecule has 2 aromatic rings. The maximum Gasteiger partial charge on any atom is 0.279 e. The Balaban J connectivity index is 2.43. The van der Waals surface area contributed by atoms with E-state index in [0.717, 1.165) is 23.3 Å². The molecule has 0 aliphatic carbocycles. The van der Waals surface area contributed by atoms with Crippen molar-refractivity contribution < 1.29 is 14.6 Å². The standard InChI is InChI=1S/C16H15N3O5/c1-9-4-5-13(6-10(9)2)17-16(20)12-7-14(18(21)22)11(3)15(8-12)19(23)24/h4-8H,1-3H3,(H,17,20). The Morgan fingerprint density at radius 1 is 0.917 bits per heavy atom. The van der Waals surface area contributed by atoms with Crippen LogP contribution in [-0.2, 0) is 0 Å². The molecule has 8 nitrogen and oxygen atoms in total.